The van der Waals surface area contributed by atoms with E-state index in [1.54, 1.807) is 4.57 Å². The van der Waals surface area contributed by atoms with Crippen molar-refractivity contribution in [3.8, 4) is 0 Å². The van der Waals surface area contributed by atoms with E-state index < -0.39 is 0 Å². The maximum atomic E-state index is 13.5. The summed E-state index contributed by atoms with van der Waals surface area (Å²) in [7, 11) is 2.00. The molecular formula is C26H35N3O. The molecule has 4 heteroatoms. The van der Waals surface area contributed by atoms with Gasteiger partial charge in [-0.05, 0) is 61.6 Å². The smallest absolute Gasteiger partial charge is 0.262 e. The first-order chi connectivity index (χ1) is 14.5. The molecule has 0 saturated carbocycles. The summed E-state index contributed by atoms with van der Waals surface area (Å²) in [5, 5.41) is 1.07. The molecule has 0 aliphatic heterocycles. The van der Waals surface area contributed by atoms with Gasteiger partial charge >= 0.3 is 0 Å². The Labute approximate surface area is 181 Å². The van der Waals surface area contributed by atoms with Crippen LogP contribution in [0.2, 0.25) is 0 Å². The zero-order valence-corrected chi connectivity index (χ0v) is 19.4. The SMILES string of the molecule is CC.CCC(C)c1cc(N=CN(C)CC)c(C)cc1C(=O)n1ccc2ccccc21. The van der Waals surface area contributed by atoms with Gasteiger partial charge in [-0.15, -0.1) is 0 Å². The molecule has 0 aliphatic carbocycles. The molecule has 0 bridgehead atoms. The number of aromatic nitrogens is 1. The van der Waals surface area contributed by atoms with E-state index in [9.17, 15) is 4.79 Å². The standard InChI is InChI=1S/C24H29N3O.C2H6/c1-6-17(3)20-15-22(25-16-26(5)7-2)18(4)14-21(20)24(28)27-13-12-19-10-8-9-11-23(19)27;1-2/h8-17H,6-7H2,1-5H3;1-2H3. The molecular weight excluding hydrogens is 370 g/mol. The molecule has 30 heavy (non-hydrogen) atoms. The second kappa shape index (κ2) is 10.8. The van der Waals surface area contributed by atoms with Gasteiger partial charge in [-0.2, -0.15) is 0 Å². The monoisotopic (exact) mass is 405 g/mol. The molecule has 1 heterocycles. The van der Waals surface area contributed by atoms with Gasteiger partial charge in [0.1, 0.15) is 0 Å². The number of carbonyl (C=O) groups is 1. The normalized spacial score (nSPS) is 12.0. The van der Waals surface area contributed by atoms with Crippen LogP contribution in [0.15, 0.2) is 53.7 Å². The van der Waals surface area contributed by atoms with E-state index in [1.807, 2.05) is 81.7 Å². The van der Waals surface area contributed by atoms with Gasteiger partial charge in [0.05, 0.1) is 17.5 Å². The zero-order valence-electron chi connectivity index (χ0n) is 19.4. The van der Waals surface area contributed by atoms with Gasteiger partial charge in [-0.1, -0.05) is 45.9 Å². The lowest BCUT2D eigenvalue weighted by Gasteiger charge is -2.18. The van der Waals surface area contributed by atoms with E-state index in [2.05, 4.69) is 31.8 Å². The Morgan fingerprint density at radius 1 is 1.17 bits per heavy atom. The first-order valence-corrected chi connectivity index (χ1v) is 11.0. The van der Waals surface area contributed by atoms with Crippen LogP contribution in [0, 0.1) is 6.92 Å². The van der Waals surface area contributed by atoms with E-state index in [4.69, 9.17) is 0 Å². The maximum absolute atomic E-state index is 13.5. The third kappa shape index (κ3) is 4.99. The number of hydrogen-bond donors (Lipinski definition) is 0. The van der Waals surface area contributed by atoms with E-state index in [1.165, 1.54) is 0 Å². The molecule has 0 radical (unpaired) electrons. The van der Waals surface area contributed by atoms with Crippen LogP contribution in [0.25, 0.3) is 10.9 Å². The minimum absolute atomic E-state index is 0.0146. The average Bonchev–Trinajstić information content (AvgIpc) is 3.22. The molecule has 0 N–H and O–H groups in total. The Morgan fingerprint density at radius 2 is 1.87 bits per heavy atom. The van der Waals surface area contributed by atoms with Gasteiger partial charge in [0.15, 0.2) is 0 Å². The zero-order chi connectivity index (χ0) is 22.3. The quantitative estimate of drug-likeness (QED) is 0.334. The highest BCUT2D eigenvalue weighted by Crippen LogP contribution is 2.31. The maximum Gasteiger partial charge on any atom is 0.262 e. The van der Waals surface area contributed by atoms with Crippen LogP contribution in [0.3, 0.4) is 0 Å². The molecule has 160 valence electrons. The van der Waals surface area contributed by atoms with Gasteiger partial charge in [0, 0.05) is 30.7 Å². The summed E-state index contributed by atoms with van der Waals surface area (Å²) in [4.78, 5) is 20.1. The lowest BCUT2D eigenvalue weighted by atomic mass is 9.91. The Bertz CT molecular complexity index is 1020. The molecule has 2 aromatic carbocycles. The Balaban J connectivity index is 0.00000155. The van der Waals surface area contributed by atoms with Gasteiger partial charge in [-0.25, -0.2) is 4.99 Å². The molecule has 1 atom stereocenters. The van der Waals surface area contributed by atoms with Crippen LogP contribution in [-0.4, -0.2) is 35.3 Å². The van der Waals surface area contributed by atoms with Crippen LogP contribution < -0.4 is 0 Å². The van der Waals surface area contributed by atoms with Crippen LogP contribution in [0.4, 0.5) is 5.69 Å². The van der Waals surface area contributed by atoms with Crippen molar-refractivity contribution in [3.05, 3.63) is 65.4 Å². The van der Waals surface area contributed by atoms with Gasteiger partial charge in [-0.3, -0.25) is 9.36 Å². The lowest BCUT2D eigenvalue weighted by molar-refractivity contribution is 0.0963. The van der Waals surface area contributed by atoms with Gasteiger partial charge in [0.25, 0.3) is 5.91 Å². The van der Waals surface area contributed by atoms with Gasteiger partial charge in [0.2, 0.25) is 0 Å². The number of aliphatic imine (C=N–C) groups is 1. The summed E-state index contributed by atoms with van der Waals surface area (Å²) in [5.74, 6) is 0.292. The highest BCUT2D eigenvalue weighted by Gasteiger charge is 2.20. The first kappa shape index (κ1) is 23.4. The van der Waals surface area contributed by atoms with Crippen molar-refractivity contribution >= 4 is 28.8 Å². The number of hydrogen-bond acceptors (Lipinski definition) is 2. The van der Waals surface area contributed by atoms with E-state index in [0.717, 1.165) is 46.2 Å². The van der Waals surface area contributed by atoms with Crippen molar-refractivity contribution in [2.24, 2.45) is 4.99 Å². The highest BCUT2D eigenvalue weighted by atomic mass is 16.2. The van der Waals surface area contributed by atoms with Crippen molar-refractivity contribution in [2.75, 3.05) is 13.6 Å². The van der Waals surface area contributed by atoms with E-state index >= 15 is 0 Å². The van der Waals surface area contributed by atoms with Crippen molar-refractivity contribution in [3.63, 3.8) is 0 Å². The van der Waals surface area contributed by atoms with Crippen molar-refractivity contribution < 1.29 is 4.79 Å². The number of rotatable bonds is 6. The fourth-order valence-corrected chi connectivity index (χ4v) is 3.30. The van der Waals surface area contributed by atoms with E-state index in [-0.39, 0.29) is 11.8 Å². The Kier molecular flexibility index (Phi) is 8.40. The number of nitrogens with zero attached hydrogens (tertiary/aromatic N) is 3. The molecule has 1 unspecified atom stereocenters. The molecule has 3 aromatic rings. The second-order valence-electron chi connectivity index (χ2n) is 7.40. The fourth-order valence-electron chi connectivity index (χ4n) is 3.30. The van der Waals surface area contributed by atoms with Crippen LogP contribution in [0.1, 0.15) is 68.4 Å². The largest absolute Gasteiger partial charge is 0.366 e. The van der Waals surface area contributed by atoms with E-state index in [0.29, 0.717) is 0 Å². The summed E-state index contributed by atoms with van der Waals surface area (Å²) in [6, 6.07) is 14.0. The molecule has 0 fully saturated rings. The van der Waals surface area contributed by atoms with Crippen LogP contribution in [0.5, 0.6) is 0 Å². The predicted molar refractivity (Wildman–Crippen MR) is 129 cm³/mol. The van der Waals surface area contributed by atoms with Crippen LogP contribution >= 0.6 is 0 Å². The van der Waals surface area contributed by atoms with Crippen molar-refractivity contribution in [2.45, 2.75) is 53.9 Å². The lowest BCUT2D eigenvalue weighted by Crippen LogP contribution is -2.15. The topological polar surface area (TPSA) is 37.6 Å². The third-order valence-corrected chi connectivity index (χ3v) is 5.45. The number of fused-ring (bicyclic) bond motifs is 1. The Hall–Kier alpha value is -2.88. The second-order valence-corrected chi connectivity index (χ2v) is 7.40. The minimum Gasteiger partial charge on any atom is -0.366 e. The molecule has 0 saturated heterocycles. The number of benzene rings is 2. The molecule has 0 spiro atoms. The summed E-state index contributed by atoms with van der Waals surface area (Å²) in [6.07, 6.45) is 4.68. The van der Waals surface area contributed by atoms with Crippen molar-refractivity contribution in [1.82, 2.24) is 9.47 Å². The first-order valence-electron chi connectivity index (χ1n) is 11.0. The number of aryl methyl sites for hydroxylation is 1. The van der Waals surface area contributed by atoms with Crippen LogP contribution in [-0.2, 0) is 0 Å². The number of carbonyl (C=O) groups excluding carboxylic acids is 1. The summed E-state index contributed by atoms with van der Waals surface area (Å²) >= 11 is 0. The summed E-state index contributed by atoms with van der Waals surface area (Å²) in [6.45, 7) is 13.3. The molecule has 4 nitrogen and oxygen atoms in total. The molecule has 3 rings (SSSR count). The third-order valence-electron chi connectivity index (χ3n) is 5.45. The fraction of sp³-hybridized carbons (Fsp3) is 0.385. The molecule has 0 aliphatic rings. The highest BCUT2D eigenvalue weighted by molar-refractivity contribution is 6.03. The average molecular weight is 406 g/mol. The summed E-state index contributed by atoms with van der Waals surface area (Å²) < 4.78 is 1.75. The number of para-hydroxylation sites is 1. The minimum atomic E-state index is 0.0146. The predicted octanol–water partition coefficient (Wildman–Crippen LogP) is 6.79. The Morgan fingerprint density at radius 3 is 2.53 bits per heavy atom. The van der Waals surface area contributed by atoms with Crippen molar-refractivity contribution in [1.29, 1.82) is 0 Å². The van der Waals surface area contributed by atoms with Gasteiger partial charge < -0.3 is 4.90 Å². The molecule has 1 aromatic heterocycles. The molecule has 0 amide bonds. The summed E-state index contributed by atoms with van der Waals surface area (Å²) in [5.41, 5.74) is 4.68.